The van der Waals surface area contributed by atoms with E-state index in [9.17, 15) is 9.59 Å². The van der Waals surface area contributed by atoms with Crippen LogP contribution in [0.2, 0.25) is 0 Å². The smallest absolute Gasteiger partial charge is 0.276 e. The minimum atomic E-state index is -0.121. The number of nitrogen functional groups attached to an aromatic ring is 1. The molecule has 1 aliphatic rings. The quantitative estimate of drug-likeness (QED) is 0.739. The second kappa shape index (κ2) is 5.94. The van der Waals surface area contributed by atoms with E-state index in [1.165, 1.54) is 6.92 Å². The molecule has 0 radical (unpaired) electrons. The highest BCUT2D eigenvalue weighted by Crippen LogP contribution is 2.20. The Bertz CT molecular complexity index is 503. The predicted molar refractivity (Wildman–Crippen MR) is 75.0 cm³/mol. The maximum absolute atomic E-state index is 12.3. The van der Waals surface area contributed by atoms with E-state index in [0.29, 0.717) is 42.6 Å². The van der Waals surface area contributed by atoms with Crippen LogP contribution < -0.4 is 11.1 Å². The first-order chi connectivity index (χ1) is 9.49. The summed E-state index contributed by atoms with van der Waals surface area (Å²) in [7, 11) is 0. The third-order valence-electron chi connectivity index (χ3n) is 3.74. The zero-order valence-electron chi connectivity index (χ0n) is 11.9. The summed E-state index contributed by atoms with van der Waals surface area (Å²) >= 11 is 0. The standard InChI is InChI=1S/C13H21N5O2/c1-8-11(14)12(17-16-8)13(20)18-5-3-10(4-6-18)7-15-9(2)19/h10H,3-7,14H2,1-2H3,(H,15,19)(H,16,17). The van der Waals surface area contributed by atoms with Gasteiger partial charge in [0.15, 0.2) is 5.69 Å². The van der Waals surface area contributed by atoms with Crippen LogP contribution in [0.15, 0.2) is 0 Å². The molecule has 20 heavy (non-hydrogen) atoms. The molecule has 2 rings (SSSR count). The lowest BCUT2D eigenvalue weighted by Gasteiger charge is -2.31. The molecule has 2 amide bonds. The molecule has 0 atom stereocenters. The third-order valence-corrected chi connectivity index (χ3v) is 3.74. The van der Waals surface area contributed by atoms with Gasteiger partial charge in [0.05, 0.1) is 11.4 Å². The molecule has 7 nitrogen and oxygen atoms in total. The van der Waals surface area contributed by atoms with Gasteiger partial charge in [0.25, 0.3) is 5.91 Å². The molecule has 0 spiro atoms. The van der Waals surface area contributed by atoms with Gasteiger partial charge in [-0.15, -0.1) is 0 Å². The first-order valence-electron chi connectivity index (χ1n) is 6.83. The fraction of sp³-hybridized carbons (Fsp3) is 0.615. The Kier molecular flexibility index (Phi) is 4.26. The van der Waals surface area contributed by atoms with Crippen molar-refractivity contribution in [3.63, 3.8) is 0 Å². The summed E-state index contributed by atoms with van der Waals surface area (Å²) < 4.78 is 0. The van der Waals surface area contributed by atoms with Crippen LogP contribution in [0.1, 0.15) is 35.9 Å². The molecule has 1 saturated heterocycles. The van der Waals surface area contributed by atoms with E-state index in [2.05, 4.69) is 15.5 Å². The number of aryl methyl sites for hydroxylation is 1. The van der Waals surface area contributed by atoms with Crippen LogP contribution in [-0.2, 0) is 4.79 Å². The Morgan fingerprint density at radius 2 is 2.10 bits per heavy atom. The number of nitrogens with one attached hydrogen (secondary N) is 2. The normalized spacial score (nSPS) is 16.2. The summed E-state index contributed by atoms with van der Waals surface area (Å²) in [6.07, 6.45) is 1.77. The van der Waals surface area contributed by atoms with E-state index in [0.717, 1.165) is 12.8 Å². The van der Waals surface area contributed by atoms with Crippen LogP contribution >= 0.6 is 0 Å². The second-order valence-corrected chi connectivity index (χ2v) is 5.28. The number of carbonyl (C=O) groups excluding carboxylic acids is 2. The van der Waals surface area contributed by atoms with E-state index in [-0.39, 0.29) is 11.8 Å². The SMILES string of the molecule is CC(=O)NCC1CCN(C(=O)c2n[nH]c(C)c2N)CC1. The molecular weight excluding hydrogens is 258 g/mol. The Balaban J connectivity index is 1.89. The average Bonchev–Trinajstić information content (AvgIpc) is 2.76. The van der Waals surface area contributed by atoms with Crippen molar-refractivity contribution < 1.29 is 9.59 Å². The van der Waals surface area contributed by atoms with E-state index in [4.69, 9.17) is 5.73 Å². The zero-order valence-corrected chi connectivity index (χ0v) is 11.9. The van der Waals surface area contributed by atoms with Crippen LogP contribution in [0, 0.1) is 12.8 Å². The molecule has 2 heterocycles. The minimum absolute atomic E-state index is 0.0109. The zero-order chi connectivity index (χ0) is 14.7. The number of H-pyrrole nitrogens is 1. The number of piperidine rings is 1. The highest BCUT2D eigenvalue weighted by molar-refractivity contribution is 5.97. The minimum Gasteiger partial charge on any atom is -0.395 e. The number of amides is 2. The molecule has 110 valence electrons. The van der Waals surface area contributed by atoms with Crippen molar-refractivity contribution in [1.29, 1.82) is 0 Å². The first-order valence-corrected chi connectivity index (χ1v) is 6.83. The number of carbonyl (C=O) groups is 2. The van der Waals surface area contributed by atoms with Crippen LogP contribution in [0.3, 0.4) is 0 Å². The maximum Gasteiger partial charge on any atom is 0.276 e. The Labute approximate surface area is 117 Å². The van der Waals surface area contributed by atoms with E-state index in [1.54, 1.807) is 11.8 Å². The fourth-order valence-electron chi connectivity index (χ4n) is 2.38. The lowest BCUT2D eigenvalue weighted by molar-refractivity contribution is -0.119. The van der Waals surface area contributed by atoms with Gasteiger partial charge in [0.2, 0.25) is 5.91 Å². The van der Waals surface area contributed by atoms with Gasteiger partial charge in [-0.3, -0.25) is 14.7 Å². The van der Waals surface area contributed by atoms with Crippen LogP contribution in [-0.4, -0.2) is 46.5 Å². The number of nitrogens with two attached hydrogens (primary N) is 1. The molecule has 0 aliphatic carbocycles. The largest absolute Gasteiger partial charge is 0.395 e. The molecule has 7 heteroatoms. The second-order valence-electron chi connectivity index (χ2n) is 5.28. The van der Waals surface area contributed by atoms with E-state index in [1.807, 2.05) is 0 Å². The van der Waals surface area contributed by atoms with Gasteiger partial charge >= 0.3 is 0 Å². The van der Waals surface area contributed by atoms with Gasteiger partial charge in [-0.1, -0.05) is 0 Å². The van der Waals surface area contributed by atoms with Crippen molar-refractivity contribution in [2.24, 2.45) is 5.92 Å². The molecule has 1 aromatic heterocycles. The highest BCUT2D eigenvalue weighted by atomic mass is 16.2. The first kappa shape index (κ1) is 14.4. The summed E-state index contributed by atoms with van der Waals surface area (Å²) in [6, 6.07) is 0. The number of aromatic amines is 1. The van der Waals surface area contributed by atoms with Gasteiger partial charge in [0.1, 0.15) is 0 Å². The van der Waals surface area contributed by atoms with E-state index < -0.39 is 0 Å². The summed E-state index contributed by atoms with van der Waals surface area (Å²) in [6.45, 7) is 5.34. The Morgan fingerprint density at radius 3 is 2.60 bits per heavy atom. The fourth-order valence-corrected chi connectivity index (χ4v) is 2.38. The van der Waals surface area contributed by atoms with Crippen LogP contribution in [0.5, 0.6) is 0 Å². The van der Waals surface area contributed by atoms with Crippen molar-refractivity contribution in [3.05, 3.63) is 11.4 Å². The lowest BCUT2D eigenvalue weighted by atomic mass is 9.96. The molecule has 4 N–H and O–H groups in total. The van der Waals surface area contributed by atoms with Gasteiger partial charge in [-0.25, -0.2) is 0 Å². The maximum atomic E-state index is 12.3. The average molecular weight is 279 g/mol. The van der Waals surface area contributed by atoms with Crippen LogP contribution in [0.4, 0.5) is 5.69 Å². The van der Waals surface area contributed by atoms with E-state index >= 15 is 0 Å². The number of nitrogens with zero attached hydrogens (tertiary/aromatic N) is 2. The summed E-state index contributed by atoms with van der Waals surface area (Å²) in [4.78, 5) is 25.0. The summed E-state index contributed by atoms with van der Waals surface area (Å²) in [5, 5.41) is 9.52. The van der Waals surface area contributed by atoms with Gasteiger partial charge < -0.3 is 16.0 Å². The monoisotopic (exact) mass is 279 g/mol. The predicted octanol–water partition coefficient (Wildman–Crippen LogP) is 0.289. The molecule has 1 aliphatic heterocycles. The topological polar surface area (TPSA) is 104 Å². The summed E-state index contributed by atoms with van der Waals surface area (Å²) in [5.74, 6) is 0.300. The molecule has 0 unspecified atom stereocenters. The van der Waals surface area contributed by atoms with Gasteiger partial charge in [-0.05, 0) is 25.7 Å². The third kappa shape index (κ3) is 3.09. The van der Waals surface area contributed by atoms with Crippen LogP contribution in [0.25, 0.3) is 0 Å². The number of hydrogen-bond acceptors (Lipinski definition) is 4. The summed E-state index contributed by atoms with van der Waals surface area (Å²) in [5.41, 5.74) is 7.28. The molecular formula is C13H21N5O2. The van der Waals surface area contributed by atoms with Crippen molar-refractivity contribution >= 4 is 17.5 Å². The van der Waals surface area contributed by atoms with Crippen molar-refractivity contribution in [3.8, 4) is 0 Å². The molecule has 1 aromatic rings. The number of aromatic nitrogens is 2. The lowest BCUT2D eigenvalue weighted by Crippen LogP contribution is -2.41. The number of rotatable bonds is 3. The van der Waals surface area contributed by atoms with Gasteiger partial charge in [-0.2, -0.15) is 5.10 Å². The molecule has 0 bridgehead atoms. The molecule has 0 saturated carbocycles. The Morgan fingerprint density at radius 1 is 1.45 bits per heavy atom. The molecule has 0 aromatic carbocycles. The van der Waals surface area contributed by atoms with Crippen molar-refractivity contribution in [2.75, 3.05) is 25.4 Å². The number of hydrogen-bond donors (Lipinski definition) is 3. The van der Waals surface area contributed by atoms with Crippen molar-refractivity contribution in [1.82, 2.24) is 20.4 Å². The van der Waals surface area contributed by atoms with Gasteiger partial charge in [0, 0.05) is 26.6 Å². The Hall–Kier alpha value is -2.05. The number of anilines is 1. The van der Waals surface area contributed by atoms with Crippen molar-refractivity contribution in [2.45, 2.75) is 26.7 Å². The number of likely N-dealkylation sites (tertiary alicyclic amines) is 1. The highest BCUT2D eigenvalue weighted by Gasteiger charge is 2.26. The molecule has 1 fully saturated rings.